The maximum Gasteiger partial charge on any atom is 0.256 e. The zero-order valence-electron chi connectivity index (χ0n) is 18.1. The zero-order chi connectivity index (χ0) is 24.1. The zero-order valence-corrected chi connectivity index (χ0v) is 19.6. The molecule has 4 aromatic rings. The lowest BCUT2D eigenvalue weighted by molar-refractivity contribution is 0.102. The molecule has 0 atom stereocenters. The van der Waals surface area contributed by atoms with Crippen LogP contribution in [0.25, 0.3) is 0 Å². The van der Waals surface area contributed by atoms with Crippen molar-refractivity contribution >= 4 is 34.9 Å². The second kappa shape index (κ2) is 10.6. The number of hydrogen-bond acceptors (Lipinski definition) is 4. The van der Waals surface area contributed by atoms with Crippen molar-refractivity contribution in [2.45, 2.75) is 13.2 Å². The second-order valence-electron chi connectivity index (χ2n) is 7.31. The van der Waals surface area contributed by atoms with Crippen molar-refractivity contribution in [3.63, 3.8) is 0 Å². The summed E-state index contributed by atoms with van der Waals surface area (Å²) in [5.74, 6) is 0.660. The third-order valence-electron chi connectivity index (χ3n) is 5.01. The maximum atomic E-state index is 13.9. The number of methoxy groups -OCH3 is 1. The number of halogens is 3. The van der Waals surface area contributed by atoms with E-state index in [1.807, 2.05) is 0 Å². The predicted octanol–water partition coefficient (Wildman–Crippen LogP) is 6.22. The summed E-state index contributed by atoms with van der Waals surface area (Å²) in [7, 11) is 1.53. The monoisotopic (exact) mass is 499 g/mol. The molecule has 1 amide bonds. The topological polar surface area (TPSA) is 65.4 Å². The van der Waals surface area contributed by atoms with Gasteiger partial charge in [-0.15, -0.1) is 0 Å². The van der Waals surface area contributed by atoms with Crippen LogP contribution in [0.5, 0.6) is 11.5 Å². The number of amides is 1. The molecular formula is C25H20Cl2FN3O3. The van der Waals surface area contributed by atoms with Crippen LogP contribution in [0.1, 0.15) is 21.5 Å². The average Bonchev–Trinajstić information content (AvgIpc) is 3.28. The number of ether oxygens (including phenoxy) is 2. The van der Waals surface area contributed by atoms with Crippen molar-refractivity contribution in [3.05, 3.63) is 105 Å². The molecule has 0 fully saturated rings. The van der Waals surface area contributed by atoms with Crippen LogP contribution >= 0.6 is 23.2 Å². The molecule has 6 nitrogen and oxygen atoms in total. The number of nitrogens with zero attached hydrogens (tertiary/aromatic N) is 2. The van der Waals surface area contributed by atoms with E-state index in [4.69, 9.17) is 32.7 Å². The van der Waals surface area contributed by atoms with Crippen LogP contribution in [-0.2, 0) is 13.2 Å². The highest BCUT2D eigenvalue weighted by Gasteiger charge is 2.14. The van der Waals surface area contributed by atoms with Crippen molar-refractivity contribution in [3.8, 4) is 11.5 Å². The fourth-order valence-corrected chi connectivity index (χ4v) is 3.64. The summed E-state index contributed by atoms with van der Waals surface area (Å²) < 4.78 is 26.6. The van der Waals surface area contributed by atoms with E-state index >= 15 is 0 Å². The van der Waals surface area contributed by atoms with Crippen molar-refractivity contribution in [2.75, 3.05) is 12.4 Å². The van der Waals surface area contributed by atoms with Gasteiger partial charge in [0.1, 0.15) is 28.9 Å². The fourth-order valence-electron chi connectivity index (χ4n) is 3.29. The average molecular weight is 500 g/mol. The summed E-state index contributed by atoms with van der Waals surface area (Å²) in [5.41, 5.74) is 1.54. The first-order valence-corrected chi connectivity index (χ1v) is 11.0. The van der Waals surface area contributed by atoms with Crippen LogP contribution in [-0.4, -0.2) is 22.8 Å². The Labute approximate surface area is 205 Å². The molecule has 0 bridgehead atoms. The van der Waals surface area contributed by atoms with Crippen LogP contribution < -0.4 is 14.8 Å². The third kappa shape index (κ3) is 5.50. The third-order valence-corrected chi connectivity index (χ3v) is 5.82. The smallest absolute Gasteiger partial charge is 0.256 e. The van der Waals surface area contributed by atoms with E-state index in [-0.39, 0.29) is 24.9 Å². The van der Waals surface area contributed by atoms with Crippen LogP contribution in [0.4, 0.5) is 10.2 Å². The molecule has 4 rings (SSSR count). The first-order valence-electron chi connectivity index (χ1n) is 10.3. The van der Waals surface area contributed by atoms with Crippen LogP contribution in [0.2, 0.25) is 10.0 Å². The van der Waals surface area contributed by atoms with Gasteiger partial charge in [-0.2, -0.15) is 5.10 Å². The molecule has 0 aliphatic rings. The van der Waals surface area contributed by atoms with E-state index in [2.05, 4.69) is 10.4 Å². The summed E-state index contributed by atoms with van der Waals surface area (Å²) in [4.78, 5) is 12.8. The molecule has 0 aliphatic heterocycles. The van der Waals surface area contributed by atoms with Gasteiger partial charge >= 0.3 is 0 Å². The maximum absolute atomic E-state index is 13.9. The molecule has 0 unspecified atom stereocenters. The quantitative estimate of drug-likeness (QED) is 0.312. The largest absolute Gasteiger partial charge is 0.496 e. The minimum atomic E-state index is -0.360. The Kier molecular flexibility index (Phi) is 7.35. The lowest BCUT2D eigenvalue weighted by Gasteiger charge is -2.13. The van der Waals surface area contributed by atoms with Gasteiger partial charge in [0.2, 0.25) is 0 Å². The number of rotatable bonds is 8. The molecule has 34 heavy (non-hydrogen) atoms. The Balaban J connectivity index is 1.46. The van der Waals surface area contributed by atoms with E-state index in [1.54, 1.807) is 71.5 Å². The van der Waals surface area contributed by atoms with Gasteiger partial charge in [-0.05, 0) is 36.4 Å². The Morgan fingerprint density at radius 1 is 1.03 bits per heavy atom. The SMILES string of the molecule is COc1ccc(C(=O)Nc2ccn(Cc3ccccc3F)n2)cc1COc1cccc(Cl)c1Cl. The lowest BCUT2D eigenvalue weighted by Crippen LogP contribution is -2.14. The molecule has 0 spiro atoms. The molecule has 1 aromatic heterocycles. The van der Waals surface area contributed by atoms with E-state index in [0.717, 1.165) is 0 Å². The minimum Gasteiger partial charge on any atom is -0.496 e. The molecule has 0 saturated heterocycles. The second-order valence-corrected chi connectivity index (χ2v) is 8.10. The number of carbonyl (C=O) groups is 1. The van der Waals surface area contributed by atoms with Crippen molar-refractivity contribution < 1.29 is 18.7 Å². The first kappa shape index (κ1) is 23.6. The molecule has 1 N–H and O–H groups in total. The fraction of sp³-hybridized carbons (Fsp3) is 0.120. The first-order chi connectivity index (χ1) is 16.4. The molecule has 1 heterocycles. The van der Waals surface area contributed by atoms with Gasteiger partial charge < -0.3 is 14.8 Å². The predicted molar refractivity (Wildman–Crippen MR) is 129 cm³/mol. The van der Waals surface area contributed by atoms with Gasteiger partial charge in [-0.25, -0.2) is 4.39 Å². The Morgan fingerprint density at radius 2 is 1.85 bits per heavy atom. The Bertz CT molecular complexity index is 1330. The summed E-state index contributed by atoms with van der Waals surface area (Å²) >= 11 is 12.2. The standard InChI is InChI=1S/C25H20Cl2FN3O3/c1-33-21-10-9-16(13-18(21)15-34-22-8-4-6-19(26)24(22)27)25(32)29-23-11-12-31(30-23)14-17-5-2-3-7-20(17)28/h2-13H,14-15H2,1H3,(H,29,30,32). The van der Waals surface area contributed by atoms with Crippen molar-refractivity contribution in [2.24, 2.45) is 0 Å². The van der Waals surface area contributed by atoms with Gasteiger partial charge in [0, 0.05) is 29.0 Å². The van der Waals surface area contributed by atoms with Crippen LogP contribution in [0.15, 0.2) is 72.9 Å². The highest BCUT2D eigenvalue weighted by Crippen LogP contribution is 2.32. The Hall–Kier alpha value is -3.55. The van der Waals surface area contributed by atoms with Gasteiger partial charge in [-0.3, -0.25) is 9.48 Å². The van der Waals surface area contributed by atoms with Gasteiger partial charge in [-0.1, -0.05) is 47.5 Å². The van der Waals surface area contributed by atoms with E-state index in [1.165, 1.54) is 13.2 Å². The van der Waals surface area contributed by atoms with Gasteiger partial charge in [0.15, 0.2) is 5.82 Å². The van der Waals surface area contributed by atoms with Crippen molar-refractivity contribution in [1.29, 1.82) is 0 Å². The molecule has 0 radical (unpaired) electrons. The summed E-state index contributed by atoms with van der Waals surface area (Å²) in [6.45, 7) is 0.361. The molecule has 174 valence electrons. The number of benzene rings is 3. The van der Waals surface area contributed by atoms with Gasteiger partial charge in [0.05, 0.1) is 18.7 Å². The lowest BCUT2D eigenvalue weighted by atomic mass is 10.1. The number of hydrogen-bond donors (Lipinski definition) is 1. The van der Waals surface area contributed by atoms with Crippen LogP contribution in [0, 0.1) is 5.82 Å². The summed E-state index contributed by atoms with van der Waals surface area (Å²) in [6.07, 6.45) is 1.67. The van der Waals surface area contributed by atoms with Crippen molar-refractivity contribution in [1.82, 2.24) is 9.78 Å². The summed E-state index contributed by atoms with van der Waals surface area (Å²) in [6, 6.07) is 18.2. The molecule has 0 saturated carbocycles. The van der Waals surface area contributed by atoms with E-state index < -0.39 is 0 Å². The van der Waals surface area contributed by atoms with E-state index in [0.29, 0.717) is 44.1 Å². The van der Waals surface area contributed by atoms with Gasteiger partial charge in [0.25, 0.3) is 5.91 Å². The molecule has 0 aliphatic carbocycles. The minimum absolute atomic E-state index is 0.113. The normalized spacial score (nSPS) is 10.7. The molecular weight excluding hydrogens is 480 g/mol. The Morgan fingerprint density at radius 3 is 2.65 bits per heavy atom. The number of nitrogens with one attached hydrogen (secondary N) is 1. The summed E-state index contributed by atoms with van der Waals surface area (Å²) in [5, 5.41) is 7.74. The number of carbonyl (C=O) groups excluding carboxylic acids is 1. The highest BCUT2D eigenvalue weighted by molar-refractivity contribution is 6.42. The number of aromatic nitrogens is 2. The highest BCUT2D eigenvalue weighted by atomic mass is 35.5. The molecule has 3 aromatic carbocycles. The molecule has 9 heteroatoms. The number of anilines is 1. The van der Waals surface area contributed by atoms with E-state index in [9.17, 15) is 9.18 Å². The van der Waals surface area contributed by atoms with Crippen LogP contribution in [0.3, 0.4) is 0 Å².